The van der Waals surface area contributed by atoms with Crippen LogP contribution in [0.5, 0.6) is 0 Å². The van der Waals surface area contributed by atoms with E-state index in [2.05, 4.69) is 77.8 Å². The molecule has 104 valence electrons. The lowest BCUT2D eigenvalue weighted by molar-refractivity contribution is 0.789. The van der Waals surface area contributed by atoms with Gasteiger partial charge in [-0.25, -0.2) is 0 Å². The predicted octanol–water partition coefficient (Wildman–Crippen LogP) is 5.19. The third kappa shape index (κ3) is 1.87. The van der Waals surface area contributed by atoms with E-state index in [-0.39, 0.29) is 0 Å². The molecule has 0 spiro atoms. The van der Waals surface area contributed by atoms with Crippen molar-refractivity contribution < 1.29 is 0 Å². The van der Waals surface area contributed by atoms with Crippen LogP contribution in [-0.2, 0) is 0 Å². The smallest absolute Gasteiger partial charge is 0.0457 e. The zero-order valence-electron chi connectivity index (χ0n) is 12.1. The summed E-state index contributed by atoms with van der Waals surface area (Å²) in [6, 6.07) is 17.1. The number of aromatic amines is 2. The molecule has 0 unspecified atom stereocenters. The first-order valence-electron chi connectivity index (χ1n) is 7.50. The molecule has 0 amide bonds. The Kier molecular flexibility index (Phi) is 2.81. The molecule has 4 rings (SSSR count). The zero-order chi connectivity index (χ0) is 14.2. The van der Waals surface area contributed by atoms with Gasteiger partial charge < -0.3 is 9.97 Å². The third-order valence-corrected chi connectivity index (χ3v) is 4.40. The van der Waals surface area contributed by atoms with Crippen LogP contribution in [0.4, 0.5) is 0 Å². The van der Waals surface area contributed by atoms with Crippen molar-refractivity contribution in [2.45, 2.75) is 19.3 Å². The topological polar surface area (TPSA) is 31.6 Å². The van der Waals surface area contributed by atoms with E-state index < -0.39 is 0 Å². The number of hydrogen-bond acceptors (Lipinski definition) is 0. The summed E-state index contributed by atoms with van der Waals surface area (Å²) in [6.45, 7) is 2.26. The second kappa shape index (κ2) is 4.81. The molecule has 4 aromatic rings. The molecule has 0 saturated carbocycles. The van der Waals surface area contributed by atoms with Gasteiger partial charge in [0.1, 0.15) is 0 Å². The number of rotatable bonds is 3. The minimum Gasteiger partial charge on any atom is -0.361 e. The fraction of sp³-hybridized carbons (Fsp3) is 0.158. The van der Waals surface area contributed by atoms with Gasteiger partial charge in [0, 0.05) is 40.1 Å². The highest BCUT2D eigenvalue weighted by Crippen LogP contribution is 2.36. The SMILES string of the molecule is CCC(c1c[nH]c2ccccc12)c1c[nH]c2ccccc12. The summed E-state index contributed by atoms with van der Waals surface area (Å²) >= 11 is 0. The molecule has 0 aliphatic carbocycles. The molecule has 0 radical (unpaired) electrons. The molecule has 2 aromatic carbocycles. The van der Waals surface area contributed by atoms with Crippen molar-refractivity contribution in [1.82, 2.24) is 9.97 Å². The average molecular weight is 274 g/mol. The largest absolute Gasteiger partial charge is 0.361 e. The maximum absolute atomic E-state index is 3.40. The molecule has 0 fully saturated rings. The first-order valence-corrected chi connectivity index (χ1v) is 7.50. The first-order chi connectivity index (χ1) is 10.4. The van der Waals surface area contributed by atoms with Gasteiger partial charge in [0.2, 0.25) is 0 Å². The molecule has 2 heterocycles. The number of nitrogens with one attached hydrogen (secondary N) is 2. The number of aromatic nitrogens is 2. The van der Waals surface area contributed by atoms with Crippen molar-refractivity contribution in [2.75, 3.05) is 0 Å². The molecule has 0 saturated heterocycles. The Morgan fingerprint density at radius 3 is 1.71 bits per heavy atom. The van der Waals surface area contributed by atoms with Crippen molar-refractivity contribution in [1.29, 1.82) is 0 Å². The highest BCUT2D eigenvalue weighted by Gasteiger charge is 2.19. The molecule has 2 N–H and O–H groups in total. The lowest BCUT2D eigenvalue weighted by Gasteiger charge is -2.14. The van der Waals surface area contributed by atoms with Crippen LogP contribution in [0.3, 0.4) is 0 Å². The van der Waals surface area contributed by atoms with E-state index in [4.69, 9.17) is 0 Å². The van der Waals surface area contributed by atoms with Gasteiger partial charge in [-0.3, -0.25) is 0 Å². The Balaban J connectivity index is 1.92. The number of para-hydroxylation sites is 2. The van der Waals surface area contributed by atoms with Gasteiger partial charge in [0.05, 0.1) is 0 Å². The van der Waals surface area contributed by atoms with Gasteiger partial charge in [0.15, 0.2) is 0 Å². The number of fused-ring (bicyclic) bond motifs is 2. The Hall–Kier alpha value is -2.48. The highest BCUT2D eigenvalue weighted by atomic mass is 14.7. The maximum Gasteiger partial charge on any atom is 0.0457 e. The summed E-state index contributed by atoms with van der Waals surface area (Å²) in [4.78, 5) is 6.81. The minimum absolute atomic E-state index is 0.414. The normalized spacial score (nSPS) is 11.7. The monoisotopic (exact) mass is 274 g/mol. The number of H-pyrrole nitrogens is 2. The van der Waals surface area contributed by atoms with Gasteiger partial charge in [-0.15, -0.1) is 0 Å². The van der Waals surface area contributed by atoms with Crippen LogP contribution in [0.2, 0.25) is 0 Å². The lowest BCUT2D eigenvalue weighted by Crippen LogP contribution is -1.97. The summed E-state index contributed by atoms with van der Waals surface area (Å²) < 4.78 is 0. The fourth-order valence-electron chi connectivity index (χ4n) is 3.37. The zero-order valence-corrected chi connectivity index (χ0v) is 12.1. The van der Waals surface area contributed by atoms with Crippen LogP contribution in [0, 0.1) is 0 Å². The molecule has 0 bridgehead atoms. The predicted molar refractivity (Wildman–Crippen MR) is 88.7 cm³/mol. The van der Waals surface area contributed by atoms with Crippen molar-refractivity contribution in [3.63, 3.8) is 0 Å². The summed E-state index contributed by atoms with van der Waals surface area (Å²) in [6.07, 6.45) is 5.42. The van der Waals surface area contributed by atoms with Crippen LogP contribution < -0.4 is 0 Å². The highest BCUT2D eigenvalue weighted by molar-refractivity contribution is 5.88. The van der Waals surface area contributed by atoms with Gasteiger partial charge in [-0.05, 0) is 29.7 Å². The van der Waals surface area contributed by atoms with E-state index >= 15 is 0 Å². The van der Waals surface area contributed by atoms with Crippen LogP contribution in [0.1, 0.15) is 30.4 Å². The number of hydrogen-bond donors (Lipinski definition) is 2. The van der Waals surface area contributed by atoms with Crippen molar-refractivity contribution >= 4 is 21.8 Å². The summed E-state index contributed by atoms with van der Waals surface area (Å²) in [7, 11) is 0. The quantitative estimate of drug-likeness (QED) is 0.515. The molecule has 0 atom stereocenters. The average Bonchev–Trinajstić information content (AvgIpc) is 3.14. The van der Waals surface area contributed by atoms with Gasteiger partial charge in [-0.1, -0.05) is 43.3 Å². The maximum atomic E-state index is 3.40. The van der Waals surface area contributed by atoms with Crippen LogP contribution >= 0.6 is 0 Å². The van der Waals surface area contributed by atoms with E-state index in [9.17, 15) is 0 Å². The van der Waals surface area contributed by atoms with Crippen LogP contribution in [0.25, 0.3) is 21.8 Å². The molecule has 2 aromatic heterocycles. The van der Waals surface area contributed by atoms with E-state index in [0.717, 1.165) is 6.42 Å². The second-order valence-corrected chi connectivity index (χ2v) is 5.54. The van der Waals surface area contributed by atoms with E-state index in [1.165, 1.54) is 32.9 Å². The lowest BCUT2D eigenvalue weighted by atomic mass is 9.89. The molecular weight excluding hydrogens is 256 g/mol. The standard InChI is InChI=1S/C19H18N2/c1-2-13(16-11-20-18-9-5-3-7-14(16)18)17-12-21-19-10-6-4-8-15(17)19/h3-13,20-21H,2H2,1H3. The van der Waals surface area contributed by atoms with E-state index in [0.29, 0.717) is 5.92 Å². The summed E-state index contributed by atoms with van der Waals surface area (Å²) in [5.41, 5.74) is 5.20. The molecule has 2 nitrogen and oxygen atoms in total. The van der Waals surface area contributed by atoms with Crippen molar-refractivity contribution in [3.8, 4) is 0 Å². The Morgan fingerprint density at radius 1 is 0.762 bits per heavy atom. The minimum atomic E-state index is 0.414. The van der Waals surface area contributed by atoms with Gasteiger partial charge in [0.25, 0.3) is 0 Å². The third-order valence-electron chi connectivity index (χ3n) is 4.40. The Bertz CT molecular complexity index is 824. The number of benzene rings is 2. The summed E-state index contributed by atoms with van der Waals surface area (Å²) in [5.74, 6) is 0.414. The van der Waals surface area contributed by atoms with Crippen LogP contribution in [0.15, 0.2) is 60.9 Å². The second-order valence-electron chi connectivity index (χ2n) is 5.54. The molecule has 21 heavy (non-hydrogen) atoms. The van der Waals surface area contributed by atoms with Crippen molar-refractivity contribution in [3.05, 3.63) is 72.1 Å². The molecule has 0 aliphatic heterocycles. The first kappa shape index (κ1) is 12.3. The van der Waals surface area contributed by atoms with E-state index in [1.807, 2.05) is 0 Å². The Labute approximate surface area is 123 Å². The fourth-order valence-corrected chi connectivity index (χ4v) is 3.37. The Morgan fingerprint density at radius 2 is 1.24 bits per heavy atom. The van der Waals surface area contributed by atoms with E-state index in [1.54, 1.807) is 0 Å². The van der Waals surface area contributed by atoms with Gasteiger partial charge in [-0.2, -0.15) is 0 Å². The molecular formula is C19H18N2. The summed E-state index contributed by atoms with van der Waals surface area (Å²) in [5, 5.41) is 2.66. The van der Waals surface area contributed by atoms with Crippen molar-refractivity contribution in [2.24, 2.45) is 0 Å². The van der Waals surface area contributed by atoms with Crippen LogP contribution in [-0.4, -0.2) is 9.97 Å². The molecule has 2 heteroatoms. The molecule has 0 aliphatic rings. The van der Waals surface area contributed by atoms with Gasteiger partial charge >= 0.3 is 0 Å².